The monoisotopic (exact) mass is 275 g/mol. The first-order valence-corrected chi connectivity index (χ1v) is 6.95. The summed E-state index contributed by atoms with van der Waals surface area (Å²) < 4.78 is 27.3. The van der Waals surface area contributed by atoms with Crippen LogP contribution in [0.15, 0.2) is 17.3 Å². The fourth-order valence-electron chi connectivity index (χ4n) is 1.54. The molecule has 1 aromatic heterocycles. The van der Waals surface area contributed by atoms with E-state index in [1.807, 2.05) is 13.8 Å². The SMILES string of the molecule is CC(C)C[C@@H](NS(=O)(=O)c1ccnn1C)C(=O)O. The number of hydrogen-bond acceptors (Lipinski definition) is 4. The van der Waals surface area contributed by atoms with E-state index in [2.05, 4.69) is 9.82 Å². The zero-order chi connectivity index (χ0) is 13.9. The number of nitrogens with zero attached hydrogens (tertiary/aromatic N) is 2. The number of carboxylic acids is 1. The van der Waals surface area contributed by atoms with Crippen LogP contribution >= 0.6 is 0 Å². The standard InChI is InChI=1S/C10H17N3O4S/c1-7(2)6-8(10(14)15)12-18(16,17)9-4-5-11-13(9)3/h4-5,7-8,12H,6H2,1-3H3,(H,14,15)/t8-/m1/s1. The van der Waals surface area contributed by atoms with Crippen molar-refractivity contribution < 1.29 is 18.3 Å². The molecular formula is C10H17N3O4S. The molecule has 0 spiro atoms. The van der Waals surface area contributed by atoms with Crippen molar-refractivity contribution >= 4 is 16.0 Å². The molecule has 7 nitrogen and oxygen atoms in total. The highest BCUT2D eigenvalue weighted by molar-refractivity contribution is 7.89. The van der Waals surface area contributed by atoms with E-state index in [9.17, 15) is 13.2 Å². The van der Waals surface area contributed by atoms with Crippen molar-refractivity contribution in [3.05, 3.63) is 12.3 Å². The fourth-order valence-corrected chi connectivity index (χ4v) is 2.87. The smallest absolute Gasteiger partial charge is 0.321 e. The molecule has 0 fully saturated rings. The van der Waals surface area contributed by atoms with Crippen molar-refractivity contribution in [1.82, 2.24) is 14.5 Å². The third-order valence-electron chi connectivity index (χ3n) is 2.35. The highest BCUT2D eigenvalue weighted by atomic mass is 32.2. The Kier molecular flexibility index (Phi) is 4.47. The molecule has 0 amide bonds. The quantitative estimate of drug-likeness (QED) is 0.772. The third kappa shape index (κ3) is 3.54. The van der Waals surface area contributed by atoms with Gasteiger partial charge in [0.2, 0.25) is 0 Å². The largest absolute Gasteiger partial charge is 0.480 e. The van der Waals surface area contributed by atoms with Gasteiger partial charge in [-0.1, -0.05) is 13.8 Å². The van der Waals surface area contributed by atoms with E-state index in [4.69, 9.17) is 5.11 Å². The van der Waals surface area contributed by atoms with Crippen molar-refractivity contribution in [2.45, 2.75) is 31.3 Å². The lowest BCUT2D eigenvalue weighted by molar-refractivity contribution is -0.139. The molecule has 0 radical (unpaired) electrons. The molecule has 0 aliphatic heterocycles. The molecule has 0 saturated carbocycles. The van der Waals surface area contributed by atoms with Gasteiger partial charge in [-0.05, 0) is 18.4 Å². The molecule has 0 aliphatic rings. The van der Waals surface area contributed by atoms with Gasteiger partial charge in [0.15, 0.2) is 5.03 Å². The number of aliphatic carboxylic acids is 1. The summed E-state index contributed by atoms with van der Waals surface area (Å²) in [5.74, 6) is -1.12. The molecular weight excluding hydrogens is 258 g/mol. The van der Waals surface area contributed by atoms with E-state index < -0.39 is 22.0 Å². The van der Waals surface area contributed by atoms with Crippen LogP contribution in [0.25, 0.3) is 0 Å². The summed E-state index contributed by atoms with van der Waals surface area (Å²) in [4.78, 5) is 11.0. The molecule has 1 atom stereocenters. The summed E-state index contributed by atoms with van der Waals surface area (Å²) in [6.45, 7) is 3.66. The first kappa shape index (κ1) is 14.7. The zero-order valence-electron chi connectivity index (χ0n) is 10.5. The highest BCUT2D eigenvalue weighted by Crippen LogP contribution is 2.11. The molecule has 1 heterocycles. The Balaban J connectivity index is 2.94. The lowest BCUT2D eigenvalue weighted by atomic mass is 10.1. The van der Waals surface area contributed by atoms with Gasteiger partial charge >= 0.3 is 5.97 Å². The fraction of sp³-hybridized carbons (Fsp3) is 0.600. The summed E-state index contributed by atoms with van der Waals surface area (Å²) in [6.07, 6.45) is 1.57. The Bertz CT molecular complexity index is 521. The van der Waals surface area contributed by atoms with E-state index in [1.54, 1.807) is 0 Å². The number of aromatic nitrogens is 2. The molecule has 1 rings (SSSR count). The van der Waals surface area contributed by atoms with Gasteiger partial charge in [-0.3, -0.25) is 9.48 Å². The Hall–Kier alpha value is -1.41. The minimum Gasteiger partial charge on any atom is -0.480 e. The summed E-state index contributed by atoms with van der Waals surface area (Å²) in [5, 5.41) is 12.7. The number of aryl methyl sites for hydroxylation is 1. The van der Waals surface area contributed by atoms with E-state index in [1.165, 1.54) is 24.0 Å². The summed E-state index contributed by atoms with van der Waals surface area (Å²) in [6, 6.07) is 0.182. The van der Waals surface area contributed by atoms with Crippen LogP contribution in [0, 0.1) is 5.92 Å². The van der Waals surface area contributed by atoms with Crippen molar-refractivity contribution in [3.8, 4) is 0 Å². The molecule has 0 aromatic carbocycles. The van der Waals surface area contributed by atoms with Crippen LogP contribution in [0.2, 0.25) is 0 Å². The Morgan fingerprint density at radius 2 is 2.17 bits per heavy atom. The number of nitrogens with one attached hydrogen (secondary N) is 1. The Morgan fingerprint density at radius 1 is 1.56 bits per heavy atom. The average molecular weight is 275 g/mol. The molecule has 8 heteroatoms. The second kappa shape index (κ2) is 5.49. The van der Waals surface area contributed by atoms with Crippen LogP contribution in [0.3, 0.4) is 0 Å². The van der Waals surface area contributed by atoms with E-state index in [0.717, 1.165) is 0 Å². The van der Waals surface area contributed by atoms with E-state index in [0.29, 0.717) is 0 Å². The molecule has 0 unspecified atom stereocenters. The lowest BCUT2D eigenvalue weighted by Crippen LogP contribution is -2.42. The number of rotatable bonds is 6. The number of carbonyl (C=O) groups is 1. The topological polar surface area (TPSA) is 101 Å². The molecule has 0 aliphatic carbocycles. The van der Waals surface area contributed by atoms with Gasteiger partial charge < -0.3 is 5.11 Å². The maximum absolute atomic E-state index is 12.0. The minimum atomic E-state index is -3.87. The summed E-state index contributed by atoms with van der Waals surface area (Å²) in [7, 11) is -2.39. The van der Waals surface area contributed by atoms with Gasteiger partial charge in [-0.2, -0.15) is 9.82 Å². The van der Waals surface area contributed by atoms with Gasteiger partial charge in [0.05, 0.1) is 6.20 Å². The zero-order valence-corrected chi connectivity index (χ0v) is 11.3. The van der Waals surface area contributed by atoms with Crippen molar-refractivity contribution in [3.63, 3.8) is 0 Å². The normalized spacial score (nSPS) is 13.8. The molecule has 2 N–H and O–H groups in total. The lowest BCUT2D eigenvalue weighted by Gasteiger charge is -2.16. The summed E-state index contributed by atoms with van der Waals surface area (Å²) in [5.41, 5.74) is 0. The van der Waals surface area contributed by atoms with Crippen molar-refractivity contribution in [2.24, 2.45) is 13.0 Å². The second-order valence-electron chi connectivity index (χ2n) is 4.43. The van der Waals surface area contributed by atoms with E-state index >= 15 is 0 Å². The van der Waals surface area contributed by atoms with Gasteiger partial charge in [0, 0.05) is 7.05 Å². The van der Waals surface area contributed by atoms with Crippen molar-refractivity contribution in [1.29, 1.82) is 0 Å². The first-order valence-electron chi connectivity index (χ1n) is 5.47. The summed E-state index contributed by atoms with van der Waals surface area (Å²) >= 11 is 0. The number of carboxylic acid groups (broad SMARTS) is 1. The maximum Gasteiger partial charge on any atom is 0.321 e. The number of sulfonamides is 1. The molecule has 102 valence electrons. The maximum atomic E-state index is 12.0. The van der Waals surface area contributed by atoms with Crippen LogP contribution < -0.4 is 4.72 Å². The van der Waals surface area contributed by atoms with Crippen LogP contribution in [-0.4, -0.2) is 35.3 Å². The molecule has 0 bridgehead atoms. The molecule has 0 saturated heterocycles. The molecule has 18 heavy (non-hydrogen) atoms. The van der Waals surface area contributed by atoms with Crippen LogP contribution in [0.5, 0.6) is 0 Å². The van der Waals surface area contributed by atoms with Gasteiger partial charge in [-0.15, -0.1) is 0 Å². The predicted molar refractivity (Wildman–Crippen MR) is 64.4 cm³/mol. The van der Waals surface area contributed by atoms with Crippen LogP contribution in [0.1, 0.15) is 20.3 Å². The predicted octanol–water partition coefficient (Wildman–Crippen LogP) is 0.198. The third-order valence-corrected chi connectivity index (χ3v) is 3.90. The second-order valence-corrected chi connectivity index (χ2v) is 6.10. The van der Waals surface area contributed by atoms with Gasteiger partial charge in [0.25, 0.3) is 10.0 Å². The average Bonchev–Trinajstić information content (AvgIpc) is 2.62. The highest BCUT2D eigenvalue weighted by Gasteiger charge is 2.27. The van der Waals surface area contributed by atoms with Crippen molar-refractivity contribution in [2.75, 3.05) is 0 Å². The Morgan fingerprint density at radius 3 is 2.56 bits per heavy atom. The van der Waals surface area contributed by atoms with Crippen LogP contribution in [-0.2, 0) is 21.9 Å². The number of hydrogen-bond donors (Lipinski definition) is 2. The van der Waals surface area contributed by atoms with Crippen LogP contribution in [0.4, 0.5) is 0 Å². The van der Waals surface area contributed by atoms with E-state index in [-0.39, 0.29) is 17.4 Å². The minimum absolute atomic E-state index is 0.0579. The Labute approximate surface area is 106 Å². The first-order chi connectivity index (χ1) is 8.24. The van der Waals surface area contributed by atoms with Gasteiger partial charge in [-0.25, -0.2) is 8.42 Å². The molecule has 1 aromatic rings. The van der Waals surface area contributed by atoms with Gasteiger partial charge in [0.1, 0.15) is 6.04 Å².